The van der Waals surface area contributed by atoms with Crippen molar-refractivity contribution in [3.63, 3.8) is 0 Å². The third kappa shape index (κ3) is 4.53. The largest absolute Gasteiger partial charge is 0.495 e. The van der Waals surface area contributed by atoms with Crippen LogP contribution in [0.3, 0.4) is 0 Å². The number of nitrogens with zero attached hydrogens (tertiary/aromatic N) is 3. The first-order valence-corrected chi connectivity index (χ1v) is 9.94. The molecule has 0 aromatic heterocycles. The standard InChI is InChI=1S/C22H24F3N3O2/c1-29-21-5-3-2-4-20(21)28-12-10-27(11-13-28)15-18-14-19(26-30-18)16-6-8-17(9-7-16)22(23,24)25/h2-9,18H,10-15H2,1H3. The van der Waals surface area contributed by atoms with Gasteiger partial charge in [0.25, 0.3) is 0 Å². The molecule has 8 heteroatoms. The van der Waals surface area contributed by atoms with E-state index in [1.165, 1.54) is 12.1 Å². The van der Waals surface area contributed by atoms with Gasteiger partial charge in [0.15, 0.2) is 0 Å². The lowest BCUT2D eigenvalue weighted by Crippen LogP contribution is -2.48. The first kappa shape index (κ1) is 20.5. The van der Waals surface area contributed by atoms with E-state index < -0.39 is 11.7 Å². The smallest absolute Gasteiger partial charge is 0.416 e. The Labute approximate surface area is 173 Å². The van der Waals surface area contributed by atoms with Gasteiger partial charge in [-0.3, -0.25) is 4.90 Å². The number of hydrogen-bond acceptors (Lipinski definition) is 5. The normalized spacial score (nSPS) is 20.1. The van der Waals surface area contributed by atoms with Crippen molar-refractivity contribution in [1.82, 2.24) is 4.90 Å². The van der Waals surface area contributed by atoms with Gasteiger partial charge in [-0.15, -0.1) is 0 Å². The Morgan fingerprint density at radius 1 is 1.03 bits per heavy atom. The van der Waals surface area contributed by atoms with Crippen LogP contribution >= 0.6 is 0 Å². The van der Waals surface area contributed by atoms with Crippen molar-refractivity contribution >= 4 is 11.4 Å². The number of halogens is 3. The van der Waals surface area contributed by atoms with E-state index in [1.54, 1.807) is 7.11 Å². The number of piperazine rings is 1. The average molecular weight is 419 g/mol. The summed E-state index contributed by atoms with van der Waals surface area (Å²) in [5, 5.41) is 4.11. The Kier molecular flexibility index (Phi) is 5.85. The Morgan fingerprint density at radius 3 is 2.40 bits per heavy atom. The number of benzene rings is 2. The highest BCUT2D eigenvalue weighted by Gasteiger charge is 2.31. The van der Waals surface area contributed by atoms with Gasteiger partial charge in [0.05, 0.1) is 24.1 Å². The predicted molar refractivity (Wildman–Crippen MR) is 109 cm³/mol. The molecule has 0 aliphatic carbocycles. The summed E-state index contributed by atoms with van der Waals surface area (Å²) in [6.45, 7) is 4.31. The van der Waals surface area contributed by atoms with Crippen molar-refractivity contribution < 1.29 is 22.7 Å². The van der Waals surface area contributed by atoms with E-state index in [1.807, 2.05) is 18.2 Å². The van der Waals surface area contributed by atoms with Crippen LogP contribution in [0.4, 0.5) is 18.9 Å². The number of hydrogen-bond donors (Lipinski definition) is 0. The third-order valence-corrected chi connectivity index (χ3v) is 5.54. The maximum absolute atomic E-state index is 12.7. The lowest BCUT2D eigenvalue weighted by Gasteiger charge is -2.37. The molecule has 0 radical (unpaired) electrons. The monoisotopic (exact) mass is 419 g/mol. The molecule has 1 fully saturated rings. The van der Waals surface area contributed by atoms with Crippen LogP contribution in [0.1, 0.15) is 17.5 Å². The molecule has 5 nitrogen and oxygen atoms in total. The molecule has 30 heavy (non-hydrogen) atoms. The number of ether oxygens (including phenoxy) is 1. The Balaban J connectivity index is 1.28. The topological polar surface area (TPSA) is 37.3 Å². The Hall–Kier alpha value is -2.74. The van der Waals surface area contributed by atoms with Gasteiger partial charge in [-0.25, -0.2) is 0 Å². The van der Waals surface area contributed by atoms with Gasteiger partial charge in [0.2, 0.25) is 0 Å². The quantitative estimate of drug-likeness (QED) is 0.734. The minimum Gasteiger partial charge on any atom is -0.495 e. The fourth-order valence-corrected chi connectivity index (χ4v) is 3.90. The Morgan fingerprint density at radius 2 is 1.73 bits per heavy atom. The van der Waals surface area contributed by atoms with Crippen LogP contribution in [0, 0.1) is 0 Å². The molecule has 0 bridgehead atoms. The summed E-state index contributed by atoms with van der Waals surface area (Å²) < 4.78 is 43.6. The molecule has 160 valence electrons. The summed E-state index contributed by atoms with van der Waals surface area (Å²) in [5.41, 5.74) is 1.81. The fraction of sp³-hybridized carbons (Fsp3) is 0.409. The molecule has 2 aromatic carbocycles. The van der Waals surface area contributed by atoms with Gasteiger partial charge in [-0.2, -0.15) is 13.2 Å². The van der Waals surface area contributed by atoms with Gasteiger partial charge >= 0.3 is 6.18 Å². The second kappa shape index (κ2) is 8.55. The van der Waals surface area contributed by atoms with E-state index in [4.69, 9.17) is 9.57 Å². The molecule has 0 spiro atoms. The second-order valence-corrected chi connectivity index (χ2v) is 7.50. The van der Waals surface area contributed by atoms with Crippen LogP contribution in [0.5, 0.6) is 5.75 Å². The first-order valence-electron chi connectivity index (χ1n) is 9.94. The highest BCUT2D eigenvalue weighted by atomic mass is 19.4. The van der Waals surface area contributed by atoms with Crippen LogP contribution in [0.15, 0.2) is 53.7 Å². The molecule has 2 aromatic rings. The van der Waals surface area contributed by atoms with E-state index in [-0.39, 0.29) is 6.10 Å². The van der Waals surface area contributed by atoms with Gasteiger partial charge in [-0.1, -0.05) is 29.4 Å². The minimum absolute atomic E-state index is 0.0832. The Bertz CT molecular complexity index is 891. The van der Waals surface area contributed by atoms with Gasteiger partial charge in [0.1, 0.15) is 11.9 Å². The summed E-state index contributed by atoms with van der Waals surface area (Å²) in [5.74, 6) is 0.875. The van der Waals surface area contributed by atoms with E-state index in [0.29, 0.717) is 17.7 Å². The predicted octanol–water partition coefficient (Wildman–Crippen LogP) is 4.03. The third-order valence-electron chi connectivity index (χ3n) is 5.54. The SMILES string of the molecule is COc1ccccc1N1CCN(CC2CC(c3ccc(C(F)(F)F)cc3)=NO2)CC1. The zero-order valence-electron chi connectivity index (χ0n) is 16.7. The van der Waals surface area contributed by atoms with Crippen LogP contribution in [-0.2, 0) is 11.0 Å². The first-order chi connectivity index (χ1) is 14.4. The summed E-state index contributed by atoms with van der Waals surface area (Å²) in [6.07, 6.45) is -3.82. The van der Waals surface area contributed by atoms with Crippen LogP contribution < -0.4 is 9.64 Å². The molecule has 0 N–H and O–H groups in total. The molecule has 0 amide bonds. The van der Waals surface area contributed by atoms with Crippen LogP contribution in [0.2, 0.25) is 0 Å². The van der Waals surface area contributed by atoms with Crippen LogP contribution in [0.25, 0.3) is 0 Å². The van der Waals surface area contributed by atoms with E-state index in [0.717, 1.165) is 56.3 Å². The fourth-order valence-electron chi connectivity index (χ4n) is 3.90. The molecule has 2 aliphatic rings. The number of oxime groups is 1. The molecule has 2 aliphatic heterocycles. The van der Waals surface area contributed by atoms with E-state index in [2.05, 4.69) is 21.0 Å². The maximum Gasteiger partial charge on any atom is 0.416 e. The van der Waals surface area contributed by atoms with E-state index in [9.17, 15) is 13.2 Å². The summed E-state index contributed by atoms with van der Waals surface area (Å²) in [7, 11) is 1.68. The number of methoxy groups -OCH3 is 1. The molecule has 4 rings (SSSR count). The highest BCUT2D eigenvalue weighted by Crippen LogP contribution is 2.30. The van der Waals surface area contributed by atoms with Crippen LogP contribution in [-0.4, -0.2) is 56.5 Å². The lowest BCUT2D eigenvalue weighted by atomic mass is 10.0. The number of rotatable bonds is 5. The molecular formula is C22H24F3N3O2. The summed E-state index contributed by atoms with van der Waals surface area (Å²) in [4.78, 5) is 10.2. The van der Waals surface area contributed by atoms with E-state index >= 15 is 0 Å². The van der Waals surface area contributed by atoms with Gasteiger partial charge < -0.3 is 14.5 Å². The van der Waals surface area contributed by atoms with Gasteiger partial charge in [-0.05, 0) is 29.8 Å². The van der Waals surface area contributed by atoms with Crippen molar-refractivity contribution in [2.24, 2.45) is 5.16 Å². The van der Waals surface area contributed by atoms with Crippen molar-refractivity contribution in [3.05, 3.63) is 59.7 Å². The van der Waals surface area contributed by atoms with Gasteiger partial charge in [0, 0.05) is 39.1 Å². The minimum atomic E-state index is -4.33. The lowest BCUT2D eigenvalue weighted by molar-refractivity contribution is -0.137. The molecule has 1 saturated heterocycles. The average Bonchev–Trinajstić information content (AvgIpc) is 3.22. The van der Waals surface area contributed by atoms with Crippen molar-refractivity contribution in [2.75, 3.05) is 44.7 Å². The van der Waals surface area contributed by atoms with Crippen molar-refractivity contribution in [1.29, 1.82) is 0 Å². The summed E-state index contributed by atoms with van der Waals surface area (Å²) in [6, 6.07) is 13.1. The molecule has 1 atom stereocenters. The zero-order chi connectivity index (χ0) is 21.1. The van der Waals surface area contributed by atoms with Crippen molar-refractivity contribution in [2.45, 2.75) is 18.7 Å². The molecule has 1 unspecified atom stereocenters. The number of alkyl halides is 3. The second-order valence-electron chi connectivity index (χ2n) is 7.50. The maximum atomic E-state index is 12.7. The summed E-state index contributed by atoms with van der Waals surface area (Å²) >= 11 is 0. The molecule has 0 saturated carbocycles. The van der Waals surface area contributed by atoms with Crippen molar-refractivity contribution in [3.8, 4) is 5.75 Å². The zero-order valence-corrected chi connectivity index (χ0v) is 16.7. The highest BCUT2D eigenvalue weighted by molar-refractivity contribution is 6.01. The number of anilines is 1. The molecular weight excluding hydrogens is 395 g/mol. The number of para-hydroxylation sites is 2. The molecule has 2 heterocycles.